The second-order valence-corrected chi connectivity index (χ2v) is 107. The third-order valence-corrected chi connectivity index (χ3v) is 99.8. The predicted molar refractivity (Wildman–Crippen MR) is 613 cm³/mol. The SMILES string of the molecule is Brc1cnc(Br)s1.Brc1csc(Br)n1.C.C.C.C.CCC[CH2][Sn]([CH2]CCC)([CH2]CCC)[c]1cnc(C)s1.CCC[CH2][Sn]([CH2]CCC)([CH2]CCC)[c]1csc(C)n1.CCC[CH2][Sn]([CH2]CCC)[CH2]CCC.CCC[CH2][Sn]([CH2]CCC)[CH2]CCC.CCC[CH2][Sn]([CH2]CCC)[CH2]CCC.CCC[CH2][Sn]([CH2]CCC)[CH2]CCC.Cc1nc(Br)cs1.Cc1ncc(Br)s1. The van der Waals surface area contributed by atoms with Crippen molar-refractivity contribution in [3.8, 4) is 0 Å². The van der Waals surface area contributed by atoms with Gasteiger partial charge in [-0.05, 0) is 109 Å². The molecule has 6 heterocycles. The Balaban J connectivity index is -0.000000200. The van der Waals surface area contributed by atoms with Crippen molar-refractivity contribution in [1.82, 2.24) is 29.9 Å². The zero-order valence-electron chi connectivity index (χ0n) is 80.0. The number of aromatic nitrogens is 6. The van der Waals surface area contributed by atoms with Crippen LogP contribution < -0.4 is 6.60 Å². The van der Waals surface area contributed by atoms with Crippen molar-refractivity contribution in [2.75, 3.05) is 0 Å². The van der Waals surface area contributed by atoms with Crippen LogP contribution in [0.2, 0.25) is 79.9 Å². The molecule has 6 aromatic rings. The molecule has 0 saturated heterocycles. The number of nitrogens with zero attached hydrogens (tertiary/aromatic N) is 6. The van der Waals surface area contributed by atoms with E-state index >= 15 is 0 Å². The van der Waals surface area contributed by atoms with E-state index in [4.69, 9.17) is 4.98 Å². The van der Waals surface area contributed by atoms with Gasteiger partial charge in [-0.25, -0.2) is 19.9 Å². The Morgan fingerprint density at radius 2 is 0.500 bits per heavy atom. The zero-order chi connectivity index (χ0) is 89.1. The van der Waals surface area contributed by atoms with Crippen molar-refractivity contribution in [3.63, 3.8) is 0 Å². The summed E-state index contributed by atoms with van der Waals surface area (Å²) in [6, 6.07) is 0. The van der Waals surface area contributed by atoms with Crippen LogP contribution in [0.3, 0.4) is 0 Å². The molecule has 6 nitrogen and oxygen atoms in total. The number of thiazole rings is 6. The van der Waals surface area contributed by atoms with E-state index in [1.54, 1.807) is 131 Å². The van der Waals surface area contributed by atoms with Gasteiger partial charge in [0.25, 0.3) is 0 Å². The first-order chi connectivity index (χ1) is 56.9. The quantitative estimate of drug-likeness (QED) is 0.0354. The van der Waals surface area contributed by atoms with E-state index in [0.717, 1.165) is 34.6 Å². The fourth-order valence-corrected chi connectivity index (χ4v) is 95.6. The monoisotopic (exact) mass is 2840 g/mol. The Morgan fingerprint density at radius 3 is 0.648 bits per heavy atom. The summed E-state index contributed by atoms with van der Waals surface area (Å²) in [4.78, 5) is 25.4. The third kappa shape index (κ3) is 87.0. The molecule has 0 unspecified atom stereocenters. The normalized spacial score (nSPS) is 10.6. The van der Waals surface area contributed by atoms with Crippen LogP contribution in [0.4, 0.5) is 0 Å². The number of hydrogen-bond donors (Lipinski definition) is 0. The molecule has 0 aromatic carbocycles. The van der Waals surface area contributed by atoms with Crippen LogP contribution in [0.15, 0.2) is 59.3 Å². The number of aryl methyl sites for hydroxylation is 4. The minimum absolute atomic E-state index is 0. The van der Waals surface area contributed by atoms with Gasteiger partial charge in [-0.2, -0.15) is 0 Å². The Bertz CT molecular complexity index is 2470. The van der Waals surface area contributed by atoms with Crippen molar-refractivity contribution in [3.05, 3.63) is 79.4 Å². The fraction of sp³-hybridized carbons (Fsp3) is 0.816. The Hall–Kier alpha value is 5.45. The number of hydrogen-bond acceptors (Lipinski definition) is 12. The largest absolute Gasteiger partial charge is 0.249 e. The summed E-state index contributed by atoms with van der Waals surface area (Å²) in [6.45, 7) is 50.3. The summed E-state index contributed by atoms with van der Waals surface area (Å²) in [7, 11) is 0. The zero-order valence-corrected chi connectivity index (χ0v) is 112. The van der Waals surface area contributed by atoms with Crippen molar-refractivity contribution in [2.24, 2.45) is 0 Å². The molecule has 0 aliphatic rings. The van der Waals surface area contributed by atoms with Crippen molar-refractivity contribution in [1.29, 1.82) is 0 Å². The Kier molecular flexibility index (Phi) is 123. The molecular weight excluding hydrogens is 2650 g/mol. The topological polar surface area (TPSA) is 77.3 Å². The summed E-state index contributed by atoms with van der Waals surface area (Å²) >= 11 is 22.1. The molecule has 0 N–H and O–H groups in total. The number of rotatable bonds is 56. The number of halogens is 6. The summed E-state index contributed by atoms with van der Waals surface area (Å²) in [5.41, 5.74) is 0. The van der Waals surface area contributed by atoms with Crippen LogP contribution >= 0.6 is 164 Å². The van der Waals surface area contributed by atoms with E-state index in [1.165, 1.54) is 254 Å². The van der Waals surface area contributed by atoms with Crippen LogP contribution in [0, 0.1) is 27.7 Å². The molecule has 0 spiro atoms. The van der Waals surface area contributed by atoms with E-state index < -0.39 is 116 Å². The van der Waals surface area contributed by atoms with Crippen LogP contribution in [-0.2, 0) is 0 Å². The Morgan fingerprint density at radius 1 is 0.254 bits per heavy atom. The van der Waals surface area contributed by atoms with Crippen molar-refractivity contribution < 1.29 is 0 Å². The maximum Gasteiger partial charge on any atom is 0.117 e. The molecule has 0 atom stereocenters. The first kappa shape index (κ1) is 143. The first-order valence-corrected chi connectivity index (χ1v) is 96.8. The van der Waals surface area contributed by atoms with Gasteiger partial charge in [0, 0.05) is 10.8 Å². The van der Waals surface area contributed by atoms with Crippen molar-refractivity contribution in [2.45, 2.75) is 493 Å². The third-order valence-electron chi connectivity index (χ3n) is 21.0. The average Bonchev–Trinajstić information content (AvgIpc) is 1.64. The summed E-state index contributed by atoms with van der Waals surface area (Å²) in [6.07, 6.45) is 57.9. The van der Waals surface area contributed by atoms with Crippen LogP contribution in [0.1, 0.15) is 406 Å². The molecule has 0 fully saturated rings. The molecular formula is C98H196Br6N6S6Sn6. The molecule has 0 aliphatic heterocycles. The minimum Gasteiger partial charge on any atom is -0.249 e. The maximum atomic E-state index is 4.95. The molecule has 0 amide bonds. The average molecular weight is 2840 g/mol. The molecule has 0 aliphatic carbocycles. The van der Waals surface area contributed by atoms with E-state index in [-0.39, 0.29) is 29.7 Å². The molecule has 0 saturated carbocycles. The van der Waals surface area contributed by atoms with Gasteiger partial charge < -0.3 is 0 Å². The second kappa shape index (κ2) is 105. The van der Waals surface area contributed by atoms with Gasteiger partial charge in [0.1, 0.15) is 9.21 Å². The first-order valence-electron chi connectivity index (χ1n) is 47.8. The summed E-state index contributed by atoms with van der Waals surface area (Å²) in [5, 5.41) is 11.1. The molecule has 6 aromatic heterocycles. The van der Waals surface area contributed by atoms with Gasteiger partial charge in [-0.3, -0.25) is 0 Å². The van der Waals surface area contributed by atoms with E-state index in [1.807, 2.05) is 47.3 Å². The number of unbranched alkanes of at least 4 members (excludes halogenated alkanes) is 18. The van der Waals surface area contributed by atoms with E-state index in [9.17, 15) is 0 Å². The van der Waals surface area contributed by atoms with Gasteiger partial charge >= 0.3 is 626 Å². The molecule has 4 radical (unpaired) electrons. The van der Waals surface area contributed by atoms with Crippen LogP contribution in [-0.4, -0.2) is 146 Å². The van der Waals surface area contributed by atoms with Gasteiger partial charge in [0.2, 0.25) is 0 Å². The Labute approximate surface area is 875 Å². The maximum absolute atomic E-state index is 4.95. The van der Waals surface area contributed by atoms with E-state index in [2.05, 4.69) is 271 Å². The molecule has 720 valence electrons. The van der Waals surface area contributed by atoms with Gasteiger partial charge in [0.05, 0.1) is 30.0 Å². The van der Waals surface area contributed by atoms with Gasteiger partial charge in [-0.1, -0.05) is 29.7 Å². The smallest absolute Gasteiger partial charge is 0.117 e. The van der Waals surface area contributed by atoms with Gasteiger partial charge in [0.15, 0.2) is 7.83 Å². The van der Waals surface area contributed by atoms with E-state index in [0.29, 0.717) is 0 Å². The minimum atomic E-state index is -2.18. The summed E-state index contributed by atoms with van der Waals surface area (Å²) < 4.78 is 38.6. The second-order valence-electron chi connectivity index (χ2n) is 32.1. The fourth-order valence-electron chi connectivity index (χ4n) is 13.6. The molecule has 122 heavy (non-hydrogen) atoms. The van der Waals surface area contributed by atoms with Crippen LogP contribution in [0.5, 0.6) is 0 Å². The van der Waals surface area contributed by atoms with Gasteiger partial charge in [-0.15, -0.1) is 45.3 Å². The molecule has 24 heteroatoms. The molecule has 0 bridgehead atoms. The standard InChI is InChI=1S/2C4H4BrNS.2C4H4NS.18C4H9.2C3HBr2NS.4CH4.6Sn/c1-3-6-4(5)2-7-3;1-3-6-2-4(5)7-3;2*1-4-5-2-3-6-4;18*1-3-4-2;4-2-1-7-3(5)6-2;4-2-1-6-3(5)7-2;;;;;;;;;;/h2*2H,1H3;3H,1H3;2H,1H3;18*1,3-4H2,2H3;2*1H;4*1H4;;;;;;. The van der Waals surface area contributed by atoms with Crippen LogP contribution in [0.25, 0.3) is 0 Å². The van der Waals surface area contributed by atoms with Crippen molar-refractivity contribution >= 4 is 286 Å². The predicted octanol–water partition coefficient (Wildman–Crippen LogP) is 42.8. The summed E-state index contributed by atoms with van der Waals surface area (Å²) in [5.74, 6) is 0. The molecule has 6 rings (SSSR count).